The quantitative estimate of drug-likeness (QED) is 0.586. The maximum atomic E-state index is 10.9. The summed E-state index contributed by atoms with van der Waals surface area (Å²) in [4.78, 5) is 25.3. The van der Waals surface area contributed by atoms with E-state index in [1.807, 2.05) is 4.90 Å². The Morgan fingerprint density at radius 1 is 1.00 bits per heavy atom. The van der Waals surface area contributed by atoms with E-state index in [0.717, 1.165) is 43.3 Å². The second kappa shape index (κ2) is 8.68. The molecule has 18 heavy (non-hydrogen) atoms. The predicted octanol–water partition coefficient (Wildman–Crippen LogP) is 0.645. The van der Waals surface area contributed by atoms with Crippen molar-refractivity contribution in [1.29, 1.82) is 0 Å². The molecule has 2 heterocycles. The Hall–Kier alpha value is -0.370. The number of alkyl halides is 1. The molecule has 0 saturated carbocycles. The van der Waals surface area contributed by atoms with Gasteiger partial charge < -0.3 is 14.9 Å². The minimum Gasteiger partial charge on any atom is -0.395 e. The van der Waals surface area contributed by atoms with E-state index < -0.39 is 0 Å². The molecule has 5 nitrogen and oxygen atoms in total. The van der Waals surface area contributed by atoms with Crippen LogP contribution in [0.4, 0.5) is 0 Å². The third-order valence-electron chi connectivity index (χ3n) is 3.07. The lowest BCUT2D eigenvalue weighted by Crippen LogP contribution is -2.27. The minimum atomic E-state index is 0.0890. The number of aliphatic hydroxyl groups excluding tert-OH is 1. The van der Waals surface area contributed by atoms with Crippen molar-refractivity contribution >= 4 is 34.4 Å². The zero-order chi connectivity index (χ0) is 13.4. The van der Waals surface area contributed by atoms with Crippen molar-refractivity contribution in [3.63, 3.8) is 0 Å². The molecule has 2 fully saturated rings. The Bertz CT molecular complexity index is 258. The summed E-state index contributed by atoms with van der Waals surface area (Å²) in [5, 5.41) is 8.45. The van der Waals surface area contributed by atoms with Crippen molar-refractivity contribution in [2.75, 3.05) is 37.2 Å². The Morgan fingerprint density at radius 2 is 1.50 bits per heavy atom. The molecule has 2 saturated heterocycles. The lowest BCUT2D eigenvalue weighted by molar-refractivity contribution is -0.128. The van der Waals surface area contributed by atoms with E-state index in [1.165, 1.54) is 0 Å². The van der Waals surface area contributed by atoms with Gasteiger partial charge >= 0.3 is 0 Å². The number of rotatable bonds is 4. The first-order valence-electron chi connectivity index (χ1n) is 6.41. The number of carbonyl (C=O) groups is 2. The number of carbonyl (C=O) groups excluding carboxylic acids is 2. The van der Waals surface area contributed by atoms with Crippen molar-refractivity contribution in [3.05, 3.63) is 0 Å². The number of aliphatic hydroxyl groups is 1. The van der Waals surface area contributed by atoms with Gasteiger partial charge in [-0.05, 0) is 12.8 Å². The molecule has 0 radical (unpaired) electrons. The number of nitrogens with zero attached hydrogens (tertiary/aromatic N) is 2. The van der Waals surface area contributed by atoms with E-state index in [2.05, 4.69) is 22.6 Å². The van der Waals surface area contributed by atoms with Crippen LogP contribution in [-0.2, 0) is 9.59 Å². The number of hydrogen-bond acceptors (Lipinski definition) is 3. The number of hydrogen-bond donors (Lipinski definition) is 1. The molecule has 104 valence electrons. The van der Waals surface area contributed by atoms with Crippen LogP contribution in [-0.4, -0.2) is 63.9 Å². The smallest absolute Gasteiger partial charge is 0.222 e. The average molecular weight is 368 g/mol. The molecule has 0 aromatic rings. The van der Waals surface area contributed by atoms with Crippen molar-refractivity contribution < 1.29 is 14.7 Å². The van der Waals surface area contributed by atoms with Crippen molar-refractivity contribution in [3.8, 4) is 0 Å². The molecule has 2 aliphatic rings. The summed E-state index contributed by atoms with van der Waals surface area (Å²) in [6.45, 7) is 3.37. The summed E-state index contributed by atoms with van der Waals surface area (Å²) < 4.78 is 1.06. The van der Waals surface area contributed by atoms with Crippen LogP contribution in [0, 0.1) is 0 Å². The Morgan fingerprint density at radius 3 is 1.83 bits per heavy atom. The van der Waals surface area contributed by atoms with Gasteiger partial charge in [-0.2, -0.15) is 0 Å². The predicted molar refractivity (Wildman–Crippen MR) is 77.6 cm³/mol. The summed E-state index contributed by atoms with van der Waals surface area (Å²) in [5.74, 6) is 0.524. The molecule has 0 bridgehead atoms. The number of likely N-dealkylation sites (tertiary alicyclic amines) is 2. The first kappa shape index (κ1) is 15.7. The van der Waals surface area contributed by atoms with Crippen molar-refractivity contribution in [1.82, 2.24) is 9.80 Å². The number of β-amino-alcohol motifs (C(OH)–C–C–N with tert-alkyl or cyclic N) is 1. The fraction of sp³-hybridized carbons (Fsp3) is 0.833. The lowest BCUT2D eigenvalue weighted by Gasteiger charge is -2.12. The van der Waals surface area contributed by atoms with Crippen LogP contribution < -0.4 is 0 Å². The standard InChI is InChI=1S/C6H10INO.C6H11NO2/c7-3-5-8-4-1-2-6(8)9;8-5-4-7-3-1-2-6(7)9/h1-5H2;8H,1-5H2. The molecule has 0 spiro atoms. The third-order valence-corrected chi connectivity index (χ3v) is 3.55. The topological polar surface area (TPSA) is 60.9 Å². The van der Waals surface area contributed by atoms with E-state index in [9.17, 15) is 9.59 Å². The summed E-state index contributed by atoms with van der Waals surface area (Å²) in [6, 6.07) is 0. The molecular formula is C12H21IN2O3. The van der Waals surface area contributed by atoms with Gasteiger partial charge in [0.15, 0.2) is 0 Å². The van der Waals surface area contributed by atoms with Crippen LogP contribution in [0.25, 0.3) is 0 Å². The second-order valence-corrected chi connectivity index (χ2v) is 5.46. The van der Waals surface area contributed by atoms with Crippen LogP contribution in [0.3, 0.4) is 0 Å². The van der Waals surface area contributed by atoms with Crippen LogP contribution in [0.1, 0.15) is 25.7 Å². The molecule has 2 aliphatic heterocycles. The average Bonchev–Trinajstić information content (AvgIpc) is 2.92. The molecule has 0 atom stereocenters. The molecule has 0 aliphatic carbocycles. The van der Waals surface area contributed by atoms with Gasteiger partial charge in [-0.1, -0.05) is 22.6 Å². The molecular weight excluding hydrogens is 347 g/mol. The van der Waals surface area contributed by atoms with Crippen molar-refractivity contribution in [2.45, 2.75) is 25.7 Å². The van der Waals surface area contributed by atoms with Crippen LogP contribution >= 0.6 is 22.6 Å². The lowest BCUT2D eigenvalue weighted by atomic mass is 10.4. The largest absolute Gasteiger partial charge is 0.395 e. The summed E-state index contributed by atoms with van der Waals surface area (Å²) in [5.41, 5.74) is 0. The molecule has 0 aromatic carbocycles. The second-order valence-electron chi connectivity index (χ2n) is 4.38. The molecule has 0 unspecified atom stereocenters. The van der Waals surface area contributed by atoms with Crippen LogP contribution in [0.2, 0.25) is 0 Å². The van der Waals surface area contributed by atoms with Crippen LogP contribution in [0.5, 0.6) is 0 Å². The fourth-order valence-electron chi connectivity index (χ4n) is 2.10. The van der Waals surface area contributed by atoms with E-state index in [4.69, 9.17) is 5.11 Å². The van der Waals surface area contributed by atoms with Gasteiger partial charge in [-0.25, -0.2) is 0 Å². The Labute approximate surface area is 122 Å². The van der Waals surface area contributed by atoms with E-state index in [1.54, 1.807) is 4.90 Å². The zero-order valence-corrected chi connectivity index (χ0v) is 12.8. The molecule has 6 heteroatoms. The van der Waals surface area contributed by atoms with Gasteiger partial charge in [0.1, 0.15) is 0 Å². The van der Waals surface area contributed by atoms with E-state index >= 15 is 0 Å². The highest BCUT2D eigenvalue weighted by molar-refractivity contribution is 14.1. The summed E-state index contributed by atoms with van der Waals surface area (Å²) >= 11 is 2.29. The maximum Gasteiger partial charge on any atom is 0.222 e. The first-order chi connectivity index (χ1) is 8.69. The van der Waals surface area contributed by atoms with Crippen molar-refractivity contribution in [2.24, 2.45) is 0 Å². The number of amides is 2. The SMILES string of the molecule is O=C1CCCN1CCI.O=C1CCCN1CCO. The zero-order valence-electron chi connectivity index (χ0n) is 10.6. The van der Waals surface area contributed by atoms with Gasteiger partial charge in [-0.15, -0.1) is 0 Å². The Kier molecular flexibility index (Phi) is 7.57. The van der Waals surface area contributed by atoms with E-state index in [-0.39, 0.29) is 12.5 Å². The van der Waals surface area contributed by atoms with Gasteiger partial charge in [0.2, 0.25) is 11.8 Å². The minimum absolute atomic E-state index is 0.0890. The highest BCUT2D eigenvalue weighted by Gasteiger charge is 2.18. The summed E-state index contributed by atoms with van der Waals surface area (Å²) in [7, 11) is 0. The molecule has 0 aromatic heterocycles. The van der Waals surface area contributed by atoms with Gasteiger partial charge in [-0.3, -0.25) is 9.59 Å². The molecule has 2 amide bonds. The van der Waals surface area contributed by atoms with Gasteiger partial charge in [0.05, 0.1) is 6.61 Å². The van der Waals surface area contributed by atoms with Crippen LogP contribution in [0.15, 0.2) is 0 Å². The summed E-state index contributed by atoms with van der Waals surface area (Å²) in [6.07, 6.45) is 3.46. The maximum absolute atomic E-state index is 10.9. The fourth-order valence-corrected chi connectivity index (χ4v) is 2.69. The molecule has 2 rings (SSSR count). The highest BCUT2D eigenvalue weighted by Crippen LogP contribution is 2.09. The normalized spacial score (nSPS) is 19.2. The monoisotopic (exact) mass is 368 g/mol. The third kappa shape index (κ3) is 5.09. The molecule has 1 N–H and O–H groups in total. The highest BCUT2D eigenvalue weighted by atomic mass is 127. The van der Waals surface area contributed by atoms with E-state index in [0.29, 0.717) is 18.9 Å². The Balaban J connectivity index is 0.000000180. The van der Waals surface area contributed by atoms with Gasteiger partial charge in [0.25, 0.3) is 0 Å². The van der Waals surface area contributed by atoms with Gasteiger partial charge in [0, 0.05) is 43.4 Å². The number of halogens is 1. The first-order valence-corrected chi connectivity index (χ1v) is 7.94.